The number of nitrogens with zero attached hydrogens (tertiary/aromatic N) is 1. The van der Waals surface area contributed by atoms with E-state index in [0.29, 0.717) is 0 Å². The van der Waals surface area contributed by atoms with Crippen LogP contribution in [0, 0.1) is 13.8 Å². The average molecular weight is 386 g/mol. The Morgan fingerprint density at radius 1 is 1.11 bits per heavy atom. The lowest BCUT2D eigenvalue weighted by Crippen LogP contribution is -1.79. The number of hydrogen-bond donors (Lipinski definition) is 1. The van der Waals surface area contributed by atoms with E-state index in [4.69, 9.17) is 0 Å². The van der Waals surface area contributed by atoms with Crippen LogP contribution in [0.1, 0.15) is 11.1 Å². The molecular weight excluding hydrogens is 376 g/mol. The second kappa shape index (κ2) is 4.47. The minimum Gasteiger partial charge on any atom is -0.338 e. The van der Waals surface area contributed by atoms with E-state index < -0.39 is 0 Å². The van der Waals surface area contributed by atoms with E-state index in [2.05, 4.69) is 73.9 Å². The molecule has 0 atom stereocenters. The van der Waals surface area contributed by atoms with Gasteiger partial charge in [0.05, 0.1) is 18.6 Å². The SMILES string of the molecule is Cc1cc2nc(-c3cc(Br)sc3Br)[nH]c2cc1C. The Kier molecular flexibility index (Phi) is 3.08. The number of nitrogens with one attached hydrogen (secondary N) is 1. The van der Waals surface area contributed by atoms with Gasteiger partial charge < -0.3 is 4.98 Å². The number of imidazole rings is 1. The Morgan fingerprint density at radius 2 is 1.83 bits per heavy atom. The van der Waals surface area contributed by atoms with Gasteiger partial charge in [-0.05, 0) is 75.0 Å². The fourth-order valence-electron chi connectivity index (χ4n) is 1.90. The maximum absolute atomic E-state index is 4.66. The van der Waals surface area contributed by atoms with Crippen LogP contribution < -0.4 is 0 Å². The Balaban J connectivity index is 2.22. The largest absolute Gasteiger partial charge is 0.338 e. The molecule has 1 aromatic carbocycles. The third kappa shape index (κ3) is 2.04. The standard InChI is InChI=1S/C13H10Br2N2S/c1-6-3-9-10(4-7(6)2)17-13(16-9)8-5-11(14)18-12(8)15/h3-5H,1-2H3,(H,16,17). The molecule has 0 aliphatic heterocycles. The quantitative estimate of drug-likeness (QED) is 0.594. The summed E-state index contributed by atoms with van der Waals surface area (Å²) in [4.78, 5) is 8.04. The Labute approximate surface area is 126 Å². The minimum absolute atomic E-state index is 0.906. The summed E-state index contributed by atoms with van der Waals surface area (Å²) in [6.07, 6.45) is 0. The lowest BCUT2D eigenvalue weighted by atomic mass is 10.1. The molecule has 92 valence electrons. The summed E-state index contributed by atoms with van der Waals surface area (Å²) >= 11 is 8.72. The zero-order chi connectivity index (χ0) is 12.9. The fraction of sp³-hybridized carbons (Fsp3) is 0.154. The molecule has 2 nitrogen and oxygen atoms in total. The molecule has 2 aromatic heterocycles. The number of aromatic nitrogens is 2. The first-order chi connectivity index (χ1) is 8.54. The smallest absolute Gasteiger partial charge is 0.140 e. The van der Waals surface area contributed by atoms with Gasteiger partial charge in [-0.3, -0.25) is 0 Å². The van der Waals surface area contributed by atoms with Crippen molar-refractivity contribution in [3.8, 4) is 11.4 Å². The van der Waals surface area contributed by atoms with Gasteiger partial charge >= 0.3 is 0 Å². The number of thiophene rings is 1. The van der Waals surface area contributed by atoms with Crippen LogP contribution in [0.4, 0.5) is 0 Å². The number of halogens is 2. The van der Waals surface area contributed by atoms with Crippen molar-refractivity contribution in [2.75, 3.05) is 0 Å². The number of rotatable bonds is 1. The highest BCUT2D eigenvalue weighted by Crippen LogP contribution is 2.38. The maximum atomic E-state index is 4.66. The van der Waals surface area contributed by atoms with E-state index in [1.165, 1.54) is 11.1 Å². The number of aryl methyl sites for hydroxylation is 2. The Morgan fingerprint density at radius 3 is 2.50 bits per heavy atom. The third-order valence-electron chi connectivity index (χ3n) is 3.01. The summed E-state index contributed by atoms with van der Waals surface area (Å²) < 4.78 is 2.18. The van der Waals surface area contributed by atoms with Crippen molar-refractivity contribution in [3.05, 3.63) is 36.9 Å². The molecule has 0 aliphatic carbocycles. The van der Waals surface area contributed by atoms with Crippen molar-refractivity contribution >= 4 is 54.2 Å². The second-order valence-corrected chi connectivity index (χ2v) is 8.03. The third-order valence-corrected chi connectivity index (χ3v) is 5.35. The molecule has 0 aliphatic rings. The van der Waals surface area contributed by atoms with Gasteiger partial charge in [-0.25, -0.2) is 4.98 Å². The van der Waals surface area contributed by atoms with Gasteiger partial charge in [0.25, 0.3) is 0 Å². The summed E-state index contributed by atoms with van der Waals surface area (Å²) in [7, 11) is 0. The first-order valence-corrected chi connectivity index (χ1v) is 7.87. The average Bonchev–Trinajstić information content (AvgIpc) is 2.82. The number of benzene rings is 1. The van der Waals surface area contributed by atoms with Crippen molar-refractivity contribution in [1.82, 2.24) is 9.97 Å². The van der Waals surface area contributed by atoms with E-state index in [1.54, 1.807) is 11.3 Å². The highest BCUT2D eigenvalue weighted by molar-refractivity contribution is 9.12. The maximum Gasteiger partial charge on any atom is 0.140 e. The van der Waals surface area contributed by atoms with Crippen molar-refractivity contribution in [1.29, 1.82) is 0 Å². The molecule has 0 bridgehead atoms. The first kappa shape index (κ1) is 12.4. The summed E-state index contributed by atoms with van der Waals surface area (Å²) in [5, 5.41) is 0. The topological polar surface area (TPSA) is 28.7 Å². The van der Waals surface area contributed by atoms with Gasteiger partial charge in [0, 0.05) is 5.56 Å². The summed E-state index contributed by atoms with van der Waals surface area (Å²) in [6, 6.07) is 6.35. The molecular formula is C13H10Br2N2S. The van der Waals surface area contributed by atoms with Crippen molar-refractivity contribution in [2.24, 2.45) is 0 Å². The first-order valence-electron chi connectivity index (χ1n) is 5.47. The van der Waals surface area contributed by atoms with Crippen LogP contribution in [0.2, 0.25) is 0 Å². The Hall–Kier alpha value is -0.650. The van der Waals surface area contributed by atoms with Crippen molar-refractivity contribution in [2.45, 2.75) is 13.8 Å². The predicted octanol–water partition coefficient (Wildman–Crippen LogP) is 5.43. The molecule has 0 saturated heterocycles. The lowest BCUT2D eigenvalue weighted by molar-refractivity contribution is 1.34. The number of aromatic amines is 1. The van der Waals surface area contributed by atoms with Crippen LogP contribution in [0.25, 0.3) is 22.4 Å². The Bertz CT molecular complexity index is 704. The molecule has 0 radical (unpaired) electrons. The molecule has 0 spiro atoms. The number of H-pyrrole nitrogens is 1. The van der Waals surface area contributed by atoms with E-state index in [-0.39, 0.29) is 0 Å². The van der Waals surface area contributed by atoms with E-state index >= 15 is 0 Å². The van der Waals surface area contributed by atoms with Crippen LogP contribution in [0.5, 0.6) is 0 Å². The highest BCUT2D eigenvalue weighted by atomic mass is 79.9. The number of hydrogen-bond acceptors (Lipinski definition) is 2. The number of fused-ring (bicyclic) bond motifs is 1. The molecule has 0 unspecified atom stereocenters. The molecule has 0 amide bonds. The molecule has 3 aromatic rings. The zero-order valence-electron chi connectivity index (χ0n) is 9.84. The fourth-order valence-corrected chi connectivity index (χ4v) is 4.70. The van der Waals surface area contributed by atoms with Crippen LogP contribution in [0.15, 0.2) is 25.8 Å². The normalized spacial score (nSPS) is 11.3. The monoisotopic (exact) mass is 384 g/mol. The van der Waals surface area contributed by atoms with Gasteiger partial charge in [-0.1, -0.05) is 0 Å². The highest BCUT2D eigenvalue weighted by Gasteiger charge is 2.12. The van der Waals surface area contributed by atoms with E-state index in [9.17, 15) is 0 Å². The minimum atomic E-state index is 0.906. The summed E-state index contributed by atoms with van der Waals surface area (Å²) in [6.45, 7) is 4.23. The van der Waals surface area contributed by atoms with Gasteiger partial charge in [-0.2, -0.15) is 0 Å². The molecule has 1 N–H and O–H groups in total. The zero-order valence-corrected chi connectivity index (χ0v) is 13.8. The van der Waals surface area contributed by atoms with Crippen LogP contribution in [-0.2, 0) is 0 Å². The van der Waals surface area contributed by atoms with E-state index in [0.717, 1.165) is 30.0 Å². The van der Waals surface area contributed by atoms with Gasteiger partial charge in [0.1, 0.15) is 5.82 Å². The second-order valence-electron chi connectivity index (χ2n) is 4.28. The lowest BCUT2D eigenvalue weighted by Gasteiger charge is -1.97. The summed E-state index contributed by atoms with van der Waals surface area (Å²) in [5.41, 5.74) is 5.75. The van der Waals surface area contributed by atoms with Crippen molar-refractivity contribution < 1.29 is 0 Å². The van der Waals surface area contributed by atoms with Gasteiger partial charge in [0.15, 0.2) is 0 Å². The van der Waals surface area contributed by atoms with E-state index in [1.807, 2.05) is 0 Å². The molecule has 18 heavy (non-hydrogen) atoms. The van der Waals surface area contributed by atoms with Crippen LogP contribution in [0.3, 0.4) is 0 Å². The van der Waals surface area contributed by atoms with Crippen molar-refractivity contribution in [3.63, 3.8) is 0 Å². The molecule has 0 fully saturated rings. The molecule has 0 saturated carbocycles. The van der Waals surface area contributed by atoms with Crippen LogP contribution >= 0.6 is 43.2 Å². The summed E-state index contributed by atoms with van der Waals surface area (Å²) in [5.74, 6) is 0.906. The van der Waals surface area contributed by atoms with Gasteiger partial charge in [-0.15, -0.1) is 11.3 Å². The predicted molar refractivity (Wildman–Crippen MR) is 84.3 cm³/mol. The molecule has 3 rings (SSSR count). The molecule has 5 heteroatoms. The van der Waals surface area contributed by atoms with Crippen LogP contribution in [-0.4, -0.2) is 9.97 Å². The van der Waals surface area contributed by atoms with Gasteiger partial charge in [0.2, 0.25) is 0 Å². The molecule has 2 heterocycles.